The second kappa shape index (κ2) is 8.97. The summed E-state index contributed by atoms with van der Waals surface area (Å²) < 4.78 is 10.6. The highest BCUT2D eigenvalue weighted by Crippen LogP contribution is 1.94. The van der Waals surface area contributed by atoms with Crippen molar-refractivity contribution in [2.75, 3.05) is 26.4 Å². The highest BCUT2D eigenvalue weighted by Gasteiger charge is 2.03. The fourth-order valence-corrected chi connectivity index (χ4v) is 0.816. The van der Waals surface area contributed by atoms with E-state index in [0.29, 0.717) is 19.8 Å². The summed E-state index contributed by atoms with van der Waals surface area (Å²) in [6.07, 6.45) is 2.26. The van der Waals surface area contributed by atoms with Crippen LogP contribution in [0.1, 0.15) is 26.7 Å². The Kier molecular flexibility index (Phi) is 8.57. The number of rotatable bonds is 9. The normalized spacial score (nSPS) is 12.7. The largest absolute Gasteiger partial charge is 0.387 e. The minimum atomic E-state index is 0.00522. The number of nitrogens with one attached hydrogen (secondary N) is 1. The summed E-state index contributed by atoms with van der Waals surface area (Å²) in [4.78, 5) is 0. The average Bonchev–Trinajstić information content (AvgIpc) is 2.16. The van der Waals surface area contributed by atoms with Crippen LogP contribution in [-0.2, 0) is 9.47 Å². The first-order chi connectivity index (χ1) is 6.68. The van der Waals surface area contributed by atoms with E-state index >= 15 is 0 Å². The molecule has 0 saturated heterocycles. The Bertz CT molecular complexity index is 151. The third-order valence-electron chi connectivity index (χ3n) is 1.91. The van der Waals surface area contributed by atoms with Crippen LogP contribution in [0.25, 0.3) is 0 Å². The van der Waals surface area contributed by atoms with Crippen LogP contribution < -0.4 is 5.73 Å². The van der Waals surface area contributed by atoms with Crippen molar-refractivity contribution in [1.29, 1.82) is 5.41 Å². The molecule has 0 heterocycles. The summed E-state index contributed by atoms with van der Waals surface area (Å²) in [5.41, 5.74) is 5.29. The molecule has 0 aliphatic heterocycles. The molecule has 0 rings (SSSR count). The number of amidine groups is 1. The number of nitrogens with two attached hydrogens (primary N) is 1. The van der Waals surface area contributed by atoms with E-state index in [0.717, 1.165) is 19.4 Å². The molecule has 0 aromatic carbocycles. The Morgan fingerprint density at radius 3 is 2.50 bits per heavy atom. The molecule has 0 spiro atoms. The van der Waals surface area contributed by atoms with Crippen molar-refractivity contribution in [2.45, 2.75) is 26.7 Å². The first-order valence-electron chi connectivity index (χ1n) is 5.17. The molecule has 0 fully saturated rings. The molecule has 4 nitrogen and oxygen atoms in total. The van der Waals surface area contributed by atoms with Crippen LogP contribution in [0.2, 0.25) is 0 Å². The van der Waals surface area contributed by atoms with Crippen molar-refractivity contribution >= 4 is 5.84 Å². The van der Waals surface area contributed by atoms with Gasteiger partial charge in [0.1, 0.15) is 0 Å². The zero-order valence-electron chi connectivity index (χ0n) is 9.21. The van der Waals surface area contributed by atoms with Gasteiger partial charge in [0.15, 0.2) is 0 Å². The maximum atomic E-state index is 7.14. The monoisotopic (exact) mass is 202 g/mol. The molecule has 0 saturated carbocycles. The number of hydrogen-bond donors (Lipinski definition) is 2. The van der Waals surface area contributed by atoms with Gasteiger partial charge in [0, 0.05) is 12.5 Å². The van der Waals surface area contributed by atoms with Crippen LogP contribution >= 0.6 is 0 Å². The molecule has 4 heteroatoms. The predicted octanol–water partition coefficient (Wildman–Crippen LogP) is 1.39. The van der Waals surface area contributed by atoms with Crippen LogP contribution in [0.5, 0.6) is 0 Å². The number of hydrogen-bond acceptors (Lipinski definition) is 3. The third kappa shape index (κ3) is 8.01. The molecular formula is C10H22N2O2. The Balaban J connectivity index is 3.09. The summed E-state index contributed by atoms with van der Waals surface area (Å²) in [6, 6.07) is 0. The standard InChI is InChI=1S/C10H22N2O2/c1-3-4-5-13-6-7-14-8-9(2)10(11)12/h9H,3-8H2,1-2H3,(H3,11,12). The van der Waals surface area contributed by atoms with Gasteiger partial charge in [-0.2, -0.15) is 0 Å². The molecule has 14 heavy (non-hydrogen) atoms. The number of ether oxygens (including phenoxy) is 2. The second-order valence-electron chi connectivity index (χ2n) is 3.40. The Hall–Kier alpha value is -0.610. The Morgan fingerprint density at radius 2 is 1.93 bits per heavy atom. The van der Waals surface area contributed by atoms with Crippen molar-refractivity contribution in [3.05, 3.63) is 0 Å². The van der Waals surface area contributed by atoms with Gasteiger partial charge in [0.2, 0.25) is 0 Å². The molecule has 0 aliphatic rings. The molecule has 0 amide bonds. The van der Waals surface area contributed by atoms with Gasteiger partial charge < -0.3 is 15.2 Å². The minimum absolute atomic E-state index is 0.00522. The average molecular weight is 202 g/mol. The maximum Gasteiger partial charge on any atom is 0.0957 e. The second-order valence-corrected chi connectivity index (χ2v) is 3.40. The topological polar surface area (TPSA) is 68.3 Å². The lowest BCUT2D eigenvalue weighted by molar-refractivity contribution is 0.0413. The van der Waals surface area contributed by atoms with E-state index in [1.807, 2.05) is 6.92 Å². The van der Waals surface area contributed by atoms with Gasteiger partial charge in [-0.05, 0) is 6.42 Å². The van der Waals surface area contributed by atoms with E-state index in [1.165, 1.54) is 0 Å². The lowest BCUT2D eigenvalue weighted by Gasteiger charge is -2.10. The van der Waals surface area contributed by atoms with Crippen LogP contribution in [-0.4, -0.2) is 32.3 Å². The van der Waals surface area contributed by atoms with Crippen LogP contribution in [0, 0.1) is 11.3 Å². The predicted molar refractivity (Wildman–Crippen MR) is 57.6 cm³/mol. The summed E-state index contributed by atoms with van der Waals surface area (Å²) in [7, 11) is 0. The summed E-state index contributed by atoms with van der Waals surface area (Å²) >= 11 is 0. The van der Waals surface area contributed by atoms with Crippen molar-refractivity contribution in [3.63, 3.8) is 0 Å². The molecule has 3 N–H and O–H groups in total. The Labute approximate surface area is 86.3 Å². The van der Waals surface area contributed by atoms with Crippen molar-refractivity contribution in [1.82, 2.24) is 0 Å². The Morgan fingerprint density at radius 1 is 1.29 bits per heavy atom. The number of unbranched alkanes of at least 4 members (excludes halogenated alkanes) is 1. The molecule has 0 aromatic rings. The fraction of sp³-hybridized carbons (Fsp3) is 0.900. The van der Waals surface area contributed by atoms with Crippen molar-refractivity contribution in [3.8, 4) is 0 Å². The van der Waals surface area contributed by atoms with Crippen molar-refractivity contribution in [2.24, 2.45) is 11.7 Å². The van der Waals surface area contributed by atoms with E-state index in [4.69, 9.17) is 20.6 Å². The van der Waals surface area contributed by atoms with Gasteiger partial charge in [-0.25, -0.2) is 0 Å². The first kappa shape index (κ1) is 13.4. The molecule has 0 radical (unpaired) electrons. The molecular weight excluding hydrogens is 180 g/mol. The summed E-state index contributed by atoms with van der Waals surface area (Å²) in [6.45, 7) is 6.54. The summed E-state index contributed by atoms with van der Waals surface area (Å²) in [5.74, 6) is 0.183. The smallest absolute Gasteiger partial charge is 0.0957 e. The van der Waals surface area contributed by atoms with Crippen LogP contribution in [0.15, 0.2) is 0 Å². The minimum Gasteiger partial charge on any atom is -0.387 e. The summed E-state index contributed by atoms with van der Waals surface area (Å²) in [5, 5.41) is 7.14. The fourth-order valence-electron chi connectivity index (χ4n) is 0.816. The van der Waals surface area contributed by atoms with Gasteiger partial charge in [0.25, 0.3) is 0 Å². The van der Waals surface area contributed by atoms with Crippen LogP contribution in [0.3, 0.4) is 0 Å². The van der Waals surface area contributed by atoms with Gasteiger partial charge >= 0.3 is 0 Å². The molecule has 1 atom stereocenters. The van der Waals surface area contributed by atoms with Gasteiger partial charge in [-0.3, -0.25) is 5.41 Å². The lowest BCUT2D eigenvalue weighted by atomic mass is 10.2. The molecule has 0 aliphatic carbocycles. The maximum absolute atomic E-state index is 7.14. The van der Waals surface area contributed by atoms with E-state index in [2.05, 4.69) is 6.92 Å². The third-order valence-corrected chi connectivity index (χ3v) is 1.91. The zero-order chi connectivity index (χ0) is 10.8. The van der Waals surface area contributed by atoms with E-state index in [9.17, 15) is 0 Å². The first-order valence-corrected chi connectivity index (χ1v) is 5.17. The highest BCUT2D eigenvalue weighted by atomic mass is 16.5. The van der Waals surface area contributed by atoms with Gasteiger partial charge in [-0.15, -0.1) is 0 Å². The zero-order valence-corrected chi connectivity index (χ0v) is 9.21. The lowest BCUT2D eigenvalue weighted by Crippen LogP contribution is -2.24. The molecule has 0 aromatic heterocycles. The highest BCUT2D eigenvalue weighted by molar-refractivity contribution is 5.79. The van der Waals surface area contributed by atoms with E-state index < -0.39 is 0 Å². The SMILES string of the molecule is CCCCOCCOCC(C)C(=N)N. The van der Waals surface area contributed by atoms with Gasteiger partial charge in [0.05, 0.1) is 25.7 Å². The van der Waals surface area contributed by atoms with E-state index in [1.54, 1.807) is 0 Å². The van der Waals surface area contributed by atoms with Crippen LogP contribution in [0.4, 0.5) is 0 Å². The van der Waals surface area contributed by atoms with Gasteiger partial charge in [-0.1, -0.05) is 20.3 Å². The molecule has 1 unspecified atom stereocenters. The van der Waals surface area contributed by atoms with Crippen molar-refractivity contribution < 1.29 is 9.47 Å². The quantitative estimate of drug-likeness (QED) is 0.337. The van der Waals surface area contributed by atoms with E-state index in [-0.39, 0.29) is 11.8 Å². The molecule has 84 valence electrons. The molecule has 0 bridgehead atoms.